The molecule has 0 radical (unpaired) electrons. The Hall–Kier alpha value is -0.910. The lowest BCUT2D eigenvalue weighted by atomic mass is 10.2. The smallest absolute Gasteiger partial charge is 0.179 e. The predicted molar refractivity (Wildman–Crippen MR) is 85.8 cm³/mol. The first kappa shape index (κ1) is 16.5. The Labute approximate surface area is 128 Å². The molecular formula is C16H26N2O2S. The molecule has 0 heterocycles. The molecule has 1 aromatic rings. The molecule has 0 aliphatic heterocycles. The maximum atomic E-state index is 12.4. The summed E-state index contributed by atoms with van der Waals surface area (Å²) in [5.74, 6) is 0.980. The van der Waals surface area contributed by atoms with Crippen LogP contribution in [-0.2, 0) is 16.4 Å². The van der Waals surface area contributed by atoms with Crippen LogP contribution >= 0.6 is 0 Å². The SMILES string of the molecule is CCCN(CCS(=O)(=O)c1cccc(CN)c1)CC1CC1. The van der Waals surface area contributed by atoms with Gasteiger partial charge in [0, 0.05) is 19.6 Å². The lowest BCUT2D eigenvalue weighted by molar-refractivity contribution is 0.278. The van der Waals surface area contributed by atoms with Gasteiger partial charge in [0.25, 0.3) is 0 Å². The molecule has 0 atom stereocenters. The van der Waals surface area contributed by atoms with Crippen molar-refractivity contribution >= 4 is 9.84 Å². The molecule has 1 saturated carbocycles. The van der Waals surface area contributed by atoms with Gasteiger partial charge in [-0.1, -0.05) is 19.1 Å². The highest BCUT2D eigenvalue weighted by atomic mass is 32.2. The van der Waals surface area contributed by atoms with Crippen molar-refractivity contribution in [2.75, 3.05) is 25.4 Å². The van der Waals surface area contributed by atoms with Gasteiger partial charge in [-0.15, -0.1) is 0 Å². The van der Waals surface area contributed by atoms with Gasteiger partial charge in [0.1, 0.15) is 0 Å². The zero-order valence-corrected chi connectivity index (χ0v) is 13.6. The summed E-state index contributed by atoms with van der Waals surface area (Å²) < 4.78 is 24.9. The molecule has 1 aliphatic rings. The molecule has 0 bridgehead atoms. The Bertz CT molecular complexity index is 553. The number of nitrogens with zero attached hydrogens (tertiary/aromatic N) is 1. The van der Waals surface area contributed by atoms with Crippen LogP contribution in [0.4, 0.5) is 0 Å². The molecule has 2 rings (SSSR count). The van der Waals surface area contributed by atoms with E-state index in [1.165, 1.54) is 12.8 Å². The van der Waals surface area contributed by atoms with E-state index in [0.717, 1.165) is 31.0 Å². The molecule has 0 aromatic heterocycles. The highest BCUT2D eigenvalue weighted by molar-refractivity contribution is 7.91. The third-order valence-corrected chi connectivity index (χ3v) is 5.61. The molecule has 0 saturated heterocycles. The summed E-state index contributed by atoms with van der Waals surface area (Å²) in [5, 5.41) is 0. The van der Waals surface area contributed by atoms with Crippen LogP contribution in [0.25, 0.3) is 0 Å². The quantitative estimate of drug-likeness (QED) is 0.758. The molecule has 1 aliphatic carbocycles. The average molecular weight is 310 g/mol. The van der Waals surface area contributed by atoms with Crippen molar-refractivity contribution in [1.82, 2.24) is 4.90 Å². The second kappa shape index (κ2) is 7.38. The summed E-state index contributed by atoms with van der Waals surface area (Å²) >= 11 is 0. The largest absolute Gasteiger partial charge is 0.326 e. The van der Waals surface area contributed by atoms with Crippen LogP contribution in [0.2, 0.25) is 0 Å². The van der Waals surface area contributed by atoms with E-state index in [2.05, 4.69) is 11.8 Å². The van der Waals surface area contributed by atoms with Gasteiger partial charge in [-0.05, 0) is 49.4 Å². The first-order chi connectivity index (χ1) is 10.0. The van der Waals surface area contributed by atoms with Gasteiger partial charge >= 0.3 is 0 Å². The first-order valence-corrected chi connectivity index (χ1v) is 9.44. The molecule has 21 heavy (non-hydrogen) atoms. The van der Waals surface area contributed by atoms with E-state index in [-0.39, 0.29) is 5.75 Å². The van der Waals surface area contributed by atoms with Gasteiger partial charge in [-0.2, -0.15) is 0 Å². The lowest BCUT2D eigenvalue weighted by Crippen LogP contribution is -2.32. The predicted octanol–water partition coefficient (Wildman–Crippen LogP) is 2.04. The normalized spacial score (nSPS) is 15.6. The maximum Gasteiger partial charge on any atom is 0.179 e. The fourth-order valence-electron chi connectivity index (χ4n) is 2.51. The van der Waals surface area contributed by atoms with E-state index in [4.69, 9.17) is 5.73 Å². The average Bonchev–Trinajstić information content (AvgIpc) is 3.29. The Kier molecular flexibility index (Phi) is 5.79. The van der Waals surface area contributed by atoms with Crippen molar-refractivity contribution in [2.45, 2.75) is 37.6 Å². The van der Waals surface area contributed by atoms with Crippen LogP contribution in [-0.4, -0.2) is 38.7 Å². The van der Waals surface area contributed by atoms with E-state index in [1.807, 2.05) is 6.07 Å². The zero-order valence-electron chi connectivity index (χ0n) is 12.8. The highest BCUT2D eigenvalue weighted by Gasteiger charge is 2.25. The van der Waals surface area contributed by atoms with Gasteiger partial charge in [-0.25, -0.2) is 8.42 Å². The maximum absolute atomic E-state index is 12.4. The Morgan fingerprint density at radius 3 is 2.67 bits per heavy atom. The summed E-state index contributed by atoms with van der Waals surface area (Å²) in [7, 11) is -3.22. The Morgan fingerprint density at radius 1 is 1.29 bits per heavy atom. The number of rotatable bonds is 9. The van der Waals surface area contributed by atoms with E-state index in [9.17, 15) is 8.42 Å². The second-order valence-corrected chi connectivity index (χ2v) is 8.02. The van der Waals surface area contributed by atoms with Crippen molar-refractivity contribution in [3.8, 4) is 0 Å². The molecule has 1 fully saturated rings. The Balaban J connectivity index is 1.98. The third kappa shape index (κ3) is 5.09. The second-order valence-electron chi connectivity index (χ2n) is 5.91. The minimum atomic E-state index is -3.22. The molecule has 0 unspecified atom stereocenters. The fourth-order valence-corrected chi connectivity index (χ4v) is 3.86. The molecule has 0 spiro atoms. The minimum absolute atomic E-state index is 0.188. The summed E-state index contributed by atoms with van der Waals surface area (Å²) in [6.45, 7) is 5.16. The topological polar surface area (TPSA) is 63.4 Å². The number of benzene rings is 1. The van der Waals surface area contributed by atoms with Crippen LogP contribution in [0.15, 0.2) is 29.2 Å². The molecular weight excluding hydrogens is 284 g/mol. The summed E-state index contributed by atoms with van der Waals surface area (Å²) in [6, 6.07) is 6.98. The summed E-state index contributed by atoms with van der Waals surface area (Å²) in [6.07, 6.45) is 3.66. The number of hydrogen-bond acceptors (Lipinski definition) is 4. The van der Waals surface area contributed by atoms with E-state index >= 15 is 0 Å². The van der Waals surface area contributed by atoms with Crippen LogP contribution in [0, 0.1) is 5.92 Å². The number of hydrogen-bond donors (Lipinski definition) is 1. The first-order valence-electron chi connectivity index (χ1n) is 7.79. The summed E-state index contributed by atoms with van der Waals surface area (Å²) in [4.78, 5) is 2.69. The van der Waals surface area contributed by atoms with Crippen molar-refractivity contribution < 1.29 is 8.42 Å². The van der Waals surface area contributed by atoms with E-state index < -0.39 is 9.84 Å². The molecule has 2 N–H and O–H groups in total. The van der Waals surface area contributed by atoms with Crippen molar-refractivity contribution in [1.29, 1.82) is 0 Å². The fraction of sp³-hybridized carbons (Fsp3) is 0.625. The zero-order chi connectivity index (χ0) is 15.3. The standard InChI is InChI=1S/C16H26N2O2S/c1-2-8-18(13-14-6-7-14)9-10-21(19,20)16-5-3-4-15(11-16)12-17/h3-5,11,14H,2,6-10,12-13,17H2,1H3. The van der Waals surface area contributed by atoms with Gasteiger partial charge < -0.3 is 10.6 Å². The lowest BCUT2D eigenvalue weighted by Gasteiger charge is -2.21. The van der Waals surface area contributed by atoms with Crippen LogP contribution < -0.4 is 5.73 Å². The third-order valence-electron chi connectivity index (χ3n) is 3.92. The van der Waals surface area contributed by atoms with Crippen molar-refractivity contribution in [3.05, 3.63) is 29.8 Å². The molecule has 5 heteroatoms. The van der Waals surface area contributed by atoms with Gasteiger partial charge in [0.2, 0.25) is 0 Å². The summed E-state index contributed by atoms with van der Waals surface area (Å²) in [5.41, 5.74) is 6.44. The van der Waals surface area contributed by atoms with Gasteiger partial charge in [0.05, 0.1) is 10.6 Å². The molecule has 118 valence electrons. The van der Waals surface area contributed by atoms with E-state index in [0.29, 0.717) is 18.0 Å². The molecule has 0 amide bonds. The molecule has 1 aromatic carbocycles. The van der Waals surface area contributed by atoms with Crippen LogP contribution in [0.1, 0.15) is 31.7 Å². The number of nitrogens with two attached hydrogens (primary N) is 1. The highest BCUT2D eigenvalue weighted by Crippen LogP contribution is 2.29. The Morgan fingerprint density at radius 2 is 2.05 bits per heavy atom. The monoisotopic (exact) mass is 310 g/mol. The number of sulfone groups is 1. The van der Waals surface area contributed by atoms with E-state index in [1.54, 1.807) is 18.2 Å². The van der Waals surface area contributed by atoms with Crippen molar-refractivity contribution in [3.63, 3.8) is 0 Å². The van der Waals surface area contributed by atoms with Crippen molar-refractivity contribution in [2.24, 2.45) is 11.7 Å². The van der Waals surface area contributed by atoms with Crippen LogP contribution in [0.5, 0.6) is 0 Å². The van der Waals surface area contributed by atoms with Gasteiger partial charge in [0.15, 0.2) is 9.84 Å². The molecule has 4 nitrogen and oxygen atoms in total. The van der Waals surface area contributed by atoms with Crippen LogP contribution in [0.3, 0.4) is 0 Å². The minimum Gasteiger partial charge on any atom is -0.326 e. The van der Waals surface area contributed by atoms with Gasteiger partial charge in [-0.3, -0.25) is 0 Å².